The molecule has 2 N–H and O–H groups in total. The monoisotopic (exact) mass is 181 g/mol. The van der Waals surface area contributed by atoms with Crippen LogP contribution in [0.4, 0.5) is 0 Å². The highest BCUT2D eigenvalue weighted by atomic mass is 16.5. The van der Waals surface area contributed by atoms with Crippen LogP contribution in [0, 0.1) is 0 Å². The molecule has 0 heterocycles. The summed E-state index contributed by atoms with van der Waals surface area (Å²) in [7, 11) is 1.55. The molecule has 0 aromatic heterocycles. The molecule has 0 bridgehead atoms. The summed E-state index contributed by atoms with van der Waals surface area (Å²) in [6.07, 6.45) is 0. The Morgan fingerprint density at radius 2 is 2.23 bits per heavy atom. The van der Waals surface area contributed by atoms with E-state index in [2.05, 4.69) is 0 Å². The number of benzene rings is 1. The number of hydrogen-bond donors (Lipinski definition) is 2. The largest absolute Gasteiger partial charge is 0.380 e. The van der Waals surface area contributed by atoms with Gasteiger partial charge in [-0.05, 0) is 11.6 Å². The molecule has 0 atom stereocenters. The Hall–Kier alpha value is -1.39. The van der Waals surface area contributed by atoms with Gasteiger partial charge in [0.15, 0.2) is 0 Å². The summed E-state index contributed by atoms with van der Waals surface area (Å²) >= 11 is 0. The molecule has 13 heavy (non-hydrogen) atoms. The first-order chi connectivity index (χ1) is 6.29. The van der Waals surface area contributed by atoms with Crippen molar-refractivity contribution < 1.29 is 14.7 Å². The molecule has 1 aromatic carbocycles. The van der Waals surface area contributed by atoms with Crippen LogP contribution in [0.1, 0.15) is 15.9 Å². The number of hydroxylamine groups is 1. The minimum absolute atomic E-state index is 0.351. The van der Waals surface area contributed by atoms with Gasteiger partial charge in [-0.1, -0.05) is 18.2 Å². The molecule has 1 rings (SSSR count). The quantitative estimate of drug-likeness (QED) is 0.539. The van der Waals surface area contributed by atoms with Crippen LogP contribution in [-0.2, 0) is 11.3 Å². The van der Waals surface area contributed by atoms with Gasteiger partial charge in [-0.3, -0.25) is 10.0 Å². The minimum atomic E-state index is -0.521. The normalized spacial score (nSPS) is 9.69. The average molecular weight is 181 g/mol. The first kappa shape index (κ1) is 9.70. The van der Waals surface area contributed by atoms with Crippen molar-refractivity contribution in [3.05, 3.63) is 35.4 Å². The Morgan fingerprint density at radius 1 is 1.54 bits per heavy atom. The van der Waals surface area contributed by atoms with Gasteiger partial charge in [0.05, 0.1) is 6.61 Å². The number of hydrogen-bond acceptors (Lipinski definition) is 3. The fourth-order valence-electron chi connectivity index (χ4n) is 1.08. The van der Waals surface area contributed by atoms with Crippen molar-refractivity contribution in [1.29, 1.82) is 0 Å². The Kier molecular flexibility index (Phi) is 3.42. The van der Waals surface area contributed by atoms with Gasteiger partial charge in [-0.15, -0.1) is 0 Å². The molecule has 1 amide bonds. The van der Waals surface area contributed by atoms with E-state index in [1.165, 1.54) is 0 Å². The molecule has 0 radical (unpaired) electrons. The number of methoxy groups -OCH3 is 1. The lowest BCUT2D eigenvalue weighted by Gasteiger charge is -2.05. The van der Waals surface area contributed by atoms with Crippen LogP contribution in [0.3, 0.4) is 0 Å². The van der Waals surface area contributed by atoms with Crippen LogP contribution < -0.4 is 5.48 Å². The highest BCUT2D eigenvalue weighted by molar-refractivity contribution is 5.94. The summed E-state index contributed by atoms with van der Waals surface area (Å²) in [5.74, 6) is -0.521. The molecule has 4 heteroatoms. The number of rotatable bonds is 3. The summed E-state index contributed by atoms with van der Waals surface area (Å²) in [6.45, 7) is 0.351. The molecule has 0 fully saturated rings. The van der Waals surface area contributed by atoms with Crippen LogP contribution in [0.5, 0.6) is 0 Å². The standard InChI is InChI=1S/C9H11NO3/c1-13-6-7-4-2-3-5-8(7)9(11)10-12/h2-5,12H,6H2,1H3,(H,10,11). The van der Waals surface area contributed by atoms with Gasteiger partial charge >= 0.3 is 0 Å². The molecular formula is C9H11NO3. The van der Waals surface area contributed by atoms with Gasteiger partial charge in [0.25, 0.3) is 5.91 Å². The molecule has 0 unspecified atom stereocenters. The fourth-order valence-corrected chi connectivity index (χ4v) is 1.08. The minimum Gasteiger partial charge on any atom is -0.380 e. The summed E-state index contributed by atoms with van der Waals surface area (Å²) in [5.41, 5.74) is 2.76. The lowest BCUT2D eigenvalue weighted by molar-refractivity contribution is 0.0702. The van der Waals surface area contributed by atoms with E-state index in [1.54, 1.807) is 30.8 Å². The van der Waals surface area contributed by atoms with Crippen molar-refractivity contribution in [1.82, 2.24) is 5.48 Å². The first-order valence-corrected chi connectivity index (χ1v) is 3.81. The van der Waals surface area contributed by atoms with E-state index in [0.717, 1.165) is 5.56 Å². The van der Waals surface area contributed by atoms with Gasteiger partial charge < -0.3 is 4.74 Å². The fraction of sp³-hybridized carbons (Fsp3) is 0.222. The molecule has 1 aromatic rings. The number of carbonyl (C=O) groups excluding carboxylic acids is 1. The lowest BCUT2D eigenvalue weighted by atomic mass is 10.1. The zero-order chi connectivity index (χ0) is 9.68. The summed E-state index contributed by atoms with van der Waals surface area (Å²) in [5, 5.41) is 8.44. The summed E-state index contributed by atoms with van der Waals surface area (Å²) in [6, 6.07) is 6.93. The third kappa shape index (κ3) is 2.27. The third-order valence-corrected chi connectivity index (χ3v) is 1.66. The Bertz CT molecular complexity index is 299. The number of nitrogens with one attached hydrogen (secondary N) is 1. The maximum absolute atomic E-state index is 11.1. The lowest BCUT2D eigenvalue weighted by Crippen LogP contribution is -2.20. The van der Waals surface area contributed by atoms with E-state index < -0.39 is 5.91 Å². The van der Waals surface area contributed by atoms with Gasteiger partial charge in [0.1, 0.15) is 0 Å². The predicted molar refractivity (Wildman–Crippen MR) is 46.4 cm³/mol. The smallest absolute Gasteiger partial charge is 0.275 e. The number of carbonyl (C=O) groups is 1. The Balaban J connectivity index is 2.97. The molecule has 0 spiro atoms. The summed E-state index contributed by atoms with van der Waals surface area (Å²) in [4.78, 5) is 11.1. The van der Waals surface area contributed by atoms with Crippen LogP contribution in [0.25, 0.3) is 0 Å². The van der Waals surface area contributed by atoms with E-state index in [1.807, 2.05) is 6.07 Å². The second-order valence-corrected chi connectivity index (χ2v) is 2.53. The van der Waals surface area contributed by atoms with Crippen molar-refractivity contribution in [2.24, 2.45) is 0 Å². The highest BCUT2D eigenvalue weighted by Crippen LogP contribution is 2.09. The molecular weight excluding hydrogens is 170 g/mol. The molecule has 0 saturated carbocycles. The van der Waals surface area contributed by atoms with E-state index in [0.29, 0.717) is 12.2 Å². The molecule has 0 saturated heterocycles. The van der Waals surface area contributed by atoms with Crippen LogP contribution in [0.2, 0.25) is 0 Å². The van der Waals surface area contributed by atoms with Gasteiger partial charge in [0.2, 0.25) is 0 Å². The van der Waals surface area contributed by atoms with E-state index in [4.69, 9.17) is 9.94 Å². The third-order valence-electron chi connectivity index (χ3n) is 1.66. The molecule has 0 aliphatic heterocycles. The van der Waals surface area contributed by atoms with Crippen LogP contribution in [-0.4, -0.2) is 18.2 Å². The number of ether oxygens (including phenoxy) is 1. The molecule has 4 nitrogen and oxygen atoms in total. The molecule has 0 aliphatic rings. The van der Waals surface area contributed by atoms with Crippen molar-refractivity contribution >= 4 is 5.91 Å². The first-order valence-electron chi connectivity index (χ1n) is 3.81. The average Bonchev–Trinajstić information content (AvgIpc) is 2.18. The van der Waals surface area contributed by atoms with E-state index in [9.17, 15) is 4.79 Å². The highest BCUT2D eigenvalue weighted by Gasteiger charge is 2.08. The summed E-state index contributed by atoms with van der Waals surface area (Å²) < 4.78 is 4.90. The van der Waals surface area contributed by atoms with E-state index in [-0.39, 0.29) is 0 Å². The zero-order valence-electron chi connectivity index (χ0n) is 7.28. The van der Waals surface area contributed by atoms with Gasteiger partial charge in [-0.25, -0.2) is 5.48 Å². The van der Waals surface area contributed by atoms with Crippen LogP contribution in [0.15, 0.2) is 24.3 Å². The van der Waals surface area contributed by atoms with Crippen molar-refractivity contribution in [3.8, 4) is 0 Å². The predicted octanol–water partition coefficient (Wildman–Crippen LogP) is 0.952. The zero-order valence-corrected chi connectivity index (χ0v) is 7.28. The van der Waals surface area contributed by atoms with Gasteiger partial charge in [-0.2, -0.15) is 0 Å². The SMILES string of the molecule is COCc1ccccc1C(=O)NO. The molecule has 0 aliphatic carbocycles. The number of amides is 1. The maximum atomic E-state index is 11.1. The second kappa shape index (κ2) is 4.59. The van der Waals surface area contributed by atoms with Crippen molar-refractivity contribution in [3.63, 3.8) is 0 Å². The van der Waals surface area contributed by atoms with Crippen molar-refractivity contribution in [2.45, 2.75) is 6.61 Å². The maximum Gasteiger partial charge on any atom is 0.275 e. The Labute approximate surface area is 76.1 Å². The van der Waals surface area contributed by atoms with E-state index >= 15 is 0 Å². The Morgan fingerprint density at radius 3 is 2.85 bits per heavy atom. The topological polar surface area (TPSA) is 58.6 Å². The second-order valence-electron chi connectivity index (χ2n) is 2.53. The van der Waals surface area contributed by atoms with Crippen LogP contribution >= 0.6 is 0 Å². The van der Waals surface area contributed by atoms with Gasteiger partial charge in [0, 0.05) is 12.7 Å². The molecule has 70 valence electrons. The van der Waals surface area contributed by atoms with Crippen molar-refractivity contribution in [2.75, 3.05) is 7.11 Å².